The highest BCUT2D eigenvalue weighted by Crippen LogP contribution is 2.36. The number of carbonyl (C=O) groups is 1. The van der Waals surface area contributed by atoms with Gasteiger partial charge in [-0.1, -0.05) is 64.5 Å². The summed E-state index contributed by atoms with van der Waals surface area (Å²) in [6.07, 6.45) is 1.99. The molecule has 1 amide bonds. The number of para-hydroxylation sites is 2. The Hall–Kier alpha value is -2.85. The zero-order valence-electron chi connectivity index (χ0n) is 14.0. The van der Waals surface area contributed by atoms with Gasteiger partial charge in [0.2, 0.25) is 0 Å². The van der Waals surface area contributed by atoms with E-state index in [0.29, 0.717) is 5.70 Å². The van der Waals surface area contributed by atoms with Crippen molar-refractivity contribution in [2.75, 3.05) is 10.2 Å². The molecule has 1 aliphatic rings. The lowest BCUT2D eigenvalue weighted by molar-refractivity contribution is -0.114. The van der Waals surface area contributed by atoms with Crippen molar-refractivity contribution in [3.8, 4) is 0 Å². The molecular weight excluding hydrogens is 388 g/mol. The van der Waals surface area contributed by atoms with Crippen LogP contribution in [0.3, 0.4) is 0 Å². The van der Waals surface area contributed by atoms with Crippen molar-refractivity contribution >= 4 is 33.2 Å². The van der Waals surface area contributed by atoms with Gasteiger partial charge in [0.25, 0.3) is 5.91 Å². The third-order valence-electron chi connectivity index (χ3n) is 4.33. The summed E-state index contributed by atoms with van der Waals surface area (Å²) in [7, 11) is 0. The fourth-order valence-electron chi connectivity index (χ4n) is 3.13. The van der Waals surface area contributed by atoms with Crippen LogP contribution in [-0.2, 0) is 4.79 Å². The molecule has 1 aliphatic heterocycles. The Balaban J connectivity index is 1.74. The highest BCUT2D eigenvalue weighted by Gasteiger charge is 2.34. The Labute approximate surface area is 161 Å². The standard InChI is InChI=1S/C22H17BrN2O/c23-17-9-7-8-16(14-17)21-15-20(24-18-10-3-1-4-11-18)22(26)25(21)19-12-5-2-6-13-19/h1-15,21,24H/t21-/m1/s1. The lowest BCUT2D eigenvalue weighted by Crippen LogP contribution is -2.30. The molecule has 3 aromatic carbocycles. The molecule has 3 nitrogen and oxygen atoms in total. The fourth-order valence-corrected chi connectivity index (χ4v) is 3.55. The topological polar surface area (TPSA) is 32.3 Å². The van der Waals surface area contributed by atoms with Crippen molar-refractivity contribution in [3.63, 3.8) is 0 Å². The summed E-state index contributed by atoms with van der Waals surface area (Å²) in [6, 6.07) is 27.4. The van der Waals surface area contributed by atoms with Crippen LogP contribution in [0, 0.1) is 0 Å². The summed E-state index contributed by atoms with van der Waals surface area (Å²) in [6.45, 7) is 0. The van der Waals surface area contributed by atoms with Gasteiger partial charge in [0.15, 0.2) is 0 Å². The van der Waals surface area contributed by atoms with Crippen LogP contribution in [0.2, 0.25) is 0 Å². The first kappa shape index (κ1) is 16.6. The van der Waals surface area contributed by atoms with Gasteiger partial charge in [-0.25, -0.2) is 0 Å². The minimum Gasteiger partial charge on any atom is -0.351 e. The van der Waals surface area contributed by atoms with Crippen LogP contribution in [0.1, 0.15) is 11.6 Å². The average molecular weight is 405 g/mol. The minimum absolute atomic E-state index is 0.0370. The summed E-state index contributed by atoms with van der Waals surface area (Å²) < 4.78 is 0.994. The SMILES string of the molecule is O=C1C(Nc2ccccc2)=C[C@H](c2cccc(Br)c2)N1c1ccccc1. The molecule has 0 radical (unpaired) electrons. The molecule has 1 atom stereocenters. The molecule has 1 N–H and O–H groups in total. The maximum atomic E-state index is 13.2. The number of amides is 1. The van der Waals surface area contributed by atoms with E-state index in [4.69, 9.17) is 0 Å². The van der Waals surface area contributed by atoms with E-state index in [1.165, 1.54) is 0 Å². The van der Waals surface area contributed by atoms with E-state index in [-0.39, 0.29) is 11.9 Å². The van der Waals surface area contributed by atoms with Gasteiger partial charge in [0, 0.05) is 15.8 Å². The summed E-state index contributed by atoms with van der Waals surface area (Å²) in [5, 5.41) is 3.26. The number of rotatable bonds is 4. The molecule has 0 unspecified atom stereocenters. The smallest absolute Gasteiger partial charge is 0.275 e. The first-order chi connectivity index (χ1) is 12.7. The second-order valence-corrected chi connectivity index (χ2v) is 7.00. The predicted molar refractivity (Wildman–Crippen MR) is 109 cm³/mol. The lowest BCUT2D eigenvalue weighted by atomic mass is 10.1. The number of nitrogens with zero attached hydrogens (tertiary/aromatic N) is 1. The Morgan fingerprint density at radius 2 is 1.54 bits per heavy atom. The molecule has 0 spiro atoms. The maximum Gasteiger partial charge on any atom is 0.275 e. The second kappa shape index (κ2) is 7.18. The predicted octanol–water partition coefficient (Wildman–Crippen LogP) is 5.53. The van der Waals surface area contributed by atoms with Gasteiger partial charge < -0.3 is 5.32 Å². The number of carbonyl (C=O) groups excluding carboxylic acids is 1. The van der Waals surface area contributed by atoms with Crippen molar-refractivity contribution in [1.29, 1.82) is 0 Å². The molecule has 0 saturated carbocycles. The van der Waals surface area contributed by atoms with E-state index in [1.807, 2.05) is 89.8 Å². The van der Waals surface area contributed by atoms with Crippen LogP contribution in [0.25, 0.3) is 0 Å². The van der Waals surface area contributed by atoms with Gasteiger partial charge in [0.1, 0.15) is 5.70 Å². The molecule has 4 rings (SSSR count). The lowest BCUT2D eigenvalue weighted by Gasteiger charge is -2.25. The molecular formula is C22H17BrN2O. The molecule has 4 heteroatoms. The Kier molecular flexibility index (Phi) is 4.59. The van der Waals surface area contributed by atoms with Gasteiger partial charge in [-0.2, -0.15) is 0 Å². The van der Waals surface area contributed by atoms with Crippen LogP contribution < -0.4 is 10.2 Å². The number of anilines is 2. The van der Waals surface area contributed by atoms with E-state index in [9.17, 15) is 4.79 Å². The van der Waals surface area contributed by atoms with E-state index in [1.54, 1.807) is 0 Å². The van der Waals surface area contributed by atoms with Crippen molar-refractivity contribution in [2.24, 2.45) is 0 Å². The number of hydrogen-bond donors (Lipinski definition) is 1. The average Bonchev–Trinajstić information content (AvgIpc) is 3.00. The van der Waals surface area contributed by atoms with Crippen molar-refractivity contribution < 1.29 is 4.79 Å². The Morgan fingerprint density at radius 1 is 0.846 bits per heavy atom. The Morgan fingerprint density at radius 3 is 2.23 bits per heavy atom. The molecule has 0 bridgehead atoms. The zero-order chi connectivity index (χ0) is 17.9. The molecule has 0 fully saturated rings. The molecule has 3 aromatic rings. The monoisotopic (exact) mass is 404 g/mol. The zero-order valence-corrected chi connectivity index (χ0v) is 15.6. The van der Waals surface area contributed by atoms with E-state index < -0.39 is 0 Å². The van der Waals surface area contributed by atoms with E-state index >= 15 is 0 Å². The molecule has 128 valence electrons. The van der Waals surface area contributed by atoms with Gasteiger partial charge in [0.05, 0.1) is 6.04 Å². The second-order valence-electron chi connectivity index (χ2n) is 6.08. The van der Waals surface area contributed by atoms with Crippen LogP contribution in [-0.4, -0.2) is 5.91 Å². The van der Waals surface area contributed by atoms with Gasteiger partial charge in [-0.15, -0.1) is 0 Å². The van der Waals surface area contributed by atoms with E-state index in [2.05, 4.69) is 27.3 Å². The van der Waals surface area contributed by atoms with Crippen LogP contribution >= 0.6 is 15.9 Å². The highest BCUT2D eigenvalue weighted by molar-refractivity contribution is 9.10. The van der Waals surface area contributed by atoms with Crippen molar-refractivity contribution in [1.82, 2.24) is 0 Å². The van der Waals surface area contributed by atoms with Crippen LogP contribution in [0.5, 0.6) is 0 Å². The summed E-state index contributed by atoms with van der Waals surface area (Å²) in [5.74, 6) is -0.0370. The van der Waals surface area contributed by atoms with Gasteiger partial charge in [-0.3, -0.25) is 9.69 Å². The largest absolute Gasteiger partial charge is 0.351 e. The third kappa shape index (κ3) is 3.28. The Bertz CT molecular complexity index is 954. The molecule has 0 aliphatic carbocycles. The highest BCUT2D eigenvalue weighted by atomic mass is 79.9. The number of hydrogen-bond acceptors (Lipinski definition) is 2. The molecule has 1 heterocycles. The van der Waals surface area contributed by atoms with Crippen molar-refractivity contribution in [3.05, 3.63) is 107 Å². The third-order valence-corrected chi connectivity index (χ3v) is 4.82. The summed E-state index contributed by atoms with van der Waals surface area (Å²) >= 11 is 3.53. The molecule has 0 aromatic heterocycles. The first-order valence-electron chi connectivity index (χ1n) is 8.40. The van der Waals surface area contributed by atoms with E-state index in [0.717, 1.165) is 21.4 Å². The quantitative estimate of drug-likeness (QED) is 0.619. The number of halogens is 1. The van der Waals surface area contributed by atoms with Crippen molar-refractivity contribution in [2.45, 2.75) is 6.04 Å². The normalized spacial score (nSPS) is 16.5. The molecule has 26 heavy (non-hydrogen) atoms. The minimum atomic E-state index is -0.159. The van der Waals surface area contributed by atoms with Gasteiger partial charge >= 0.3 is 0 Å². The fraction of sp³-hybridized carbons (Fsp3) is 0.0455. The molecule has 0 saturated heterocycles. The summed E-state index contributed by atoms with van der Waals surface area (Å²) in [4.78, 5) is 15.0. The first-order valence-corrected chi connectivity index (χ1v) is 9.19. The number of nitrogens with one attached hydrogen (secondary N) is 1. The van der Waals surface area contributed by atoms with Crippen LogP contribution in [0.15, 0.2) is 101 Å². The summed E-state index contributed by atoms with van der Waals surface area (Å²) in [5.41, 5.74) is 3.42. The number of benzene rings is 3. The maximum absolute atomic E-state index is 13.2. The van der Waals surface area contributed by atoms with Gasteiger partial charge in [-0.05, 0) is 48.0 Å². The van der Waals surface area contributed by atoms with Crippen LogP contribution in [0.4, 0.5) is 11.4 Å².